The highest BCUT2D eigenvalue weighted by Gasteiger charge is 2.39. The minimum Gasteiger partial charge on any atom is -0.349 e. The summed E-state index contributed by atoms with van der Waals surface area (Å²) < 4.78 is 0. The third-order valence-electron chi connectivity index (χ3n) is 4.77. The molecule has 1 N–H and O–H groups in total. The molecule has 2 aliphatic carbocycles. The van der Waals surface area contributed by atoms with Gasteiger partial charge in [-0.1, -0.05) is 30.3 Å². The molecule has 1 aromatic carbocycles. The minimum absolute atomic E-state index is 0.0179. The average Bonchev–Trinajstić information content (AvgIpc) is 3.34. The molecule has 0 radical (unpaired) electrons. The maximum absolute atomic E-state index is 12.4. The molecule has 2 unspecified atom stereocenters. The van der Waals surface area contributed by atoms with E-state index < -0.39 is 0 Å². The van der Waals surface area contributed by atoms with Crippen molar-refractivity contribution < 1.29 is 4.79 Å². The molecular formula is C19H20N2O. The van der Waals surface area contributed by atoms with E-state index in [1.807, 2.05) is 12.1 Å². The van der Waals surface area contributed by atoms with Crippen molar-refractivity contribution in [2.45, 2.75) is 44.1 Å². The second-order valence-corrected chi connectivity index (χ2v) is 6.37. The van der Waals surface area contributed by atoms with Crippen LogP contribution >= 0.6 is 0 Å². The number of hydrogen-bond donors (Lipinski definition) is 1. The van der Waals surface area contributed by atoms with Crippen LogP contribution in [0.3, 0.4) is 0 Å². The minimum atomic E-state index is 0.0179. The number of fused-ring (bicyclic) bond motifs is 1. The molecule has 0 aliphatic heterocycles. The van der Waals surface area contributed by atoms with Crippen molar-refractivity contribution in [2.24, 2.45) is 0 Å². The Balaban J connectivity index is 1.43. The lowest BCUT2D eigenvalue weighted by atomic mass is 9.95. The first-order chi connectivity index (χ1) is 10.8. The SMILES string of the molecule is O=C(NC1CC1c1ccccc1)c1cnc2c(c1)CCCC2. The number of aryl methyl sites for hydroxylation is 2. The molecule has 1 aromatic heterocycles. The molecule has 0 bridgehead atoms. The number of carbonyl (C=O) groups excluding carboxylic acids is 1. The van der Waals surface area contributed by atoms with Crippen molar-refractivity contribution in [3.05, 3.63) is 65.0 Å². The molecule has 2 atom stereocenters. The summed E-state index contributed by atoms with van der Waals surface area (Å²) in [5.74, 6) is 0.486. The fraction of sp³-hybridized carbons (Fsp3) is 0.368. The standard InChI is InChI=1S/C19H20N2O/c22-19(15-10-14-8-4-5-9-17(14)20-12-15)21-18-11-16(18)13-6-2-1-3-7-13/h1-3,6-7,10,12,16,18H,4-5,8-9,11H2,(H,21,22). The monoisotopic (exact) mass is 292 g/mol. The summed E-state index contributed by atoms with van der Waals surface area (Å²) in [4.78, 5) is 16.9. The molecule has 3 heteroatoms. The van der Waals surface area contributed by atoms with Gasteiger partial charge in [-0.15, -0.1) is 0 Å². The Morgan fingerprint density at radius 2 is 1.95 bits per heavy atom. The Morgan fingerprint density at radius 3 is 2.82 bits per heavy atom. The molecule has 3 nitrogen and oxygen atoms in total. The van der Waals surface area contributed by atoms with Crippen molar-refractivity contribution in [1.82, 2.24) is 10.3 Å². The number of amides is 1. The van der Waals surface area contributed by atoms with Crippen LogP contribution in [0.5, 0.6) is 0 Å². The second-order valence-electron chi connectivity index (χ2n) is 6.37. The average molecular weight is 292 g/mol. The molecule has 4 rings (SSSR count). The molecular weight excluding hydrogens is 272 g/mol. The van der Waals surface area contributed by atoms with Crippen LogP contribution < -0.4 is 5.32 Å². The van der Waals surface area contributed by atoms with Crippen LogP contribution in [-0.4, -0.2) is 16.9 Å². The van der Waals surface area contributed by atoms with Gasteiger partial charge in [0.05, 0.1) is 5.56 Å². The summed E-state index contributed by atoms with van der Waals surface area (Å²) in [7, 11) is 0. The highest BCUT2D eigenvalue weighted by Crippen LogP contribution is 2.40. The number of rotatable bonds is 3. The van der Waals surface area contributed by atoms with Gasteiger partial charge >= 0.3 is 0 Å². The van der Waals surface area contributed by atoms with E-state index in [4.69, 9.17) is 0 Å². The summed E-state index contributed by atoms with van der Waals surface area (Å²) in [5, 5.41) is 3.15. The summed E-state index contributed by atoms with van der Waals surface area (Å²) >= 11 is 0. The molecule has 1 heterocycles. The zero-order valence-corrected chi connectivity index (χ0v) is 12.6. The summed E-state index contributed by atoms with van der Waals surface area (Å²) in [5.41, 5.74) is 4.46. The largest absolute Gasteiger partial charge is 0.349 e. The van der Waals surface area contributed by atoms with Crippen molar-refractivity contribution >= 4 is 5.91 Å². The normalized spacial score (nSPS) is 22.7. The van der Waals surface area contributed by atoms with Gasteiger partial charge in [0, 0.05) is 23.9 Å². The van der Waals surface area contributed by atoms with Crippen LogP contribution in [0.2, 0.25) is 0 Å². The molecule has 2 aliphatic rings. The zero-order valence-electron chi connectivity index (χ0n) is 12.6. The highest BCUT2D eigenvalue weighted by atomic mass is 16.1. The van der Waals surface area contributed by atoms with E-state index in [1.165, 1.54) is 29.7 Å². The first kappa shape index (κ1) is 13.5. The maximum Gasteiger partial charge on any atom is 0.253 e. The molecule has 1 amide bonds. The molecule has 1 saturated carbocycles. The van der Waals surface area contributed by atoms with E-state index in [0.29, 0.717) is 11.5 Å². The number of carbonyl (C=O) groups is 1. The molecule has 1 fully saturated rings. The van der Waals surface area contributed by atoms with E-state index in [0.717, 1.165) is 19.3 Å². The first-order valence-electron chi connectivity index (χ1n) is 8.15. The summed E-state index contributed by atoms with van der Waals surface area (Å²) in [6.07, 6.45) is 7.30. The molecule has 0 saturated heterocycles. The number of pyridine rings is 1. The van der Waals surface area contributed by atoms with E-state index >= 15 is 0 Å². The Morgan fingerprint density at radius 1 is 1.14 bits per heavy atom. The van der Waals surface area contributed by atoms with Gasteiger partial charge in [0.1, 0.15) is 0 Å². The third-order valence-corrected chi connectivity index (χ3v) is 4.77. The Kier molecular flexibility index (Phi) is 3.41. The third kappa shape index (κ3) is 2.63. The van der Waals surface area contributed by atoms with Crippen molar-refractivity contribution in [1.29, 1.82) is 0 Å². The van der Waals surface area contributed by atoms with Gasteiger partial charge < -0.3 is 5.32 Å². The predicted molar refractivity (Wildman–Crippen MR) is 85.9 cm³/mol. The van der Waals surface area contributed by atoms with Crippen LogP contribution in [-0.2, 0) is 12.8 Å². The molecule has 0 spiro atoms. The smallest absolute Gasteiger partial charge is 0.253 e. The fourth-order valence-electron chi connectivity index (χ4n) is 3.39. The van der Waals surface area contributed by atoms with Crippen molar-refractivity contribution in [3.8, 4) is 0 Å². The van der Waals surface area contributed by atoms with Gasteiger partial charge in [-0.2, -0.15) is 0 Å². The van der Waals surface area contributed by atoms with Crippen LogP contribution in [0.1, 0.15) is 52.4 Å². The number of aromatic nitrogens is 1. The lowest BCUT2D eigenvalue weighted by Crippen LogP contribution is -2.27. The number of hydrogen-bond acceptors (Lipinski definition) is 2. The summed E-state index contributed by atoms with van der Waals surface area (Å²) in [6.45, 7) is 0. The van der Waals surface area contributed by atoms with Gasteiger partial charge in [-0.05, 0) is 49.3 Å². The van der Waals surface area contributed by atoms with E-state index in [-0.39, 0.29) is 11.9 Å². The Bertz CT molecular complexity index is 696. The number of nitrogens with one attached hydrogen (secondary N) is 1. The van der Waals surface area contributed by atoms with Crippen LogP contribution in [0, 0.1) is 0 Å². The highest BCUT2D eigenvalue weighted by molar-refractivity contribution is 5.94. The van der Waals surface area contributed by atoms with Crippen molar-refractivity contribution in [2.75, 3.05) is 0 Å². The van der Waals surface area contributed by atoms with Gasteiger partial charge in [0.25, 0.3) is 5.91 Å². The van der Waals surface area contributed by atoms with E-state index in [2.05, 4.69) is 34.6 Å². The summed E-state index contributed by atoms with van der Waals surface area (Å²) in [6, 6.07) is 12.7. The lowest BCUT2D eigenvalue weighted by Gasteiger charge is -2.15. The Labute approximate surface area is 130 Å². The zero-order chi connectivity index (χ0) is 14.9. The molecule has 2 aromatic rings. The van der Waals surface area contributed by atoms with E-state index in [1.54, 1.807) is 6.20 Å². The first-order valence-corrected chi connectivity index (χ1v) is 8.15. The quantitative estimate of drug-likeness (QED) is 0.943. The topological polar surface area (TPSA) is 42.0 Å². The van der Waals surface area contributed by atoms with Crippen molar-refractivity contribution in [3.63, 3.8) is 0 Å². The fourth-order valence-corrected chi connectivity index (χ4v) is 3.39. The van der Waals surface area contributed by atoms with E-state index in [9.17, 15) is 4.79 Å². The van der Waals surface area contributed by atoms with Gasteiger partial charge in [-0.25, -0.2) is 0 Å². The van der Waals surface area contributed by atoms with Crippen LogP contribution in [0.4, 0.5) is 0 Å². The predicted octanol–water partition coefficient (Wildman–Crippen LogP) is 3.25. The van der Waals surface area contributed by atoms with Crippen LogP contribution in [0.25, 0.3) is 0 Å². The number of nitrogens with zero attached hydrogens (tertiary/aromatic N) is 1. The van der Waals surface area contributed by atoms with Gasteiger partial charge in [0.2, 0.25) is 0 Å². The van der Waals surface area contributed by atoms with Crippen LogP contribution in [0.15, 0.2) is 42.6 Å². The maximum atomic E-state index is 12.4. The molecule has 112 valence electrons. The molecule has 22 heavy (non-hydrogen) atoms. The van der Waals surface area contributed by atoms with Gasteiger partial charge in [0.15, 0.2) is 0 Å². The second kappa shape index (κ2) is 5.56. The lowest BCUT2D eigenvalue weighted by molar-refractivity contribution is 0.0950. The number of benzene rings is 1. The van der Waals surface area contributed by atoms with Gasteiger partial charge in [-0.3, -0.25) is 9.78 Å². The Hall–Kier alpha value is -2.16.